The fourth-order valence-electron chi connectivity index (χ4n) is 3.01. The van der Waals surface area contributed by atoms with Crippen LogP contribution in [0.15, 0.2) is 42.5 Å². The number of amides is 1. The zero-order chi connectivity index (χ0) is 15.7. The number of rotatable bonds is 2. The highest BCUT2D eigenvalue weighted by Crippen LogP contribution is 2.31. The summed E-state index contributed by atoms with van der Waals surface area (Å²) in [6.07, 6.45) is 2.04. The Hall–Kier alpha value is -2.29. The van der Waals surface area contributed by atoms with E-state index >= 15 is 0 Å². The molecule has 0 aromatic heterocycles. The minimum atomic E-state index is 0.0329. The van der Waals surface area contributed by atoms with Crippen LogP contribution in [-0.4, -0.2) is 12.5 Å². The Labute approximate surface area is 131 Å². The molecule has 1 amide bonds. The van der Waals surface area contributed by atoms with Crippen LogP contribution in [0.5, 0.6) is 0 Å². The molecule has 114 valence electrons. The van der Waals surface area contributed by atoms with Gasteiger partial charge in [0, 0.05) is 23.5 Å². The largest absolute Gasteiger partial charge is 0.399 e. The average molecular weight is 294 g/mol. The van der Waals surface area contributed by atoms with Crippen LogP contribution in [0, 0.1) is 0 Å². The van der Waals surface area contributed by atoms with Gasteiger partial charge in [-0.15, -0.1) is 0 Å². The number of anilines is 2. The molecule has 0 atom stereocenters. The number of fused-ring (bicyclic) bond motifs is 1. The first-order chi connectivity index (χ1) is 10.6. The van der Waals surface area contributed by atoms with E-state index in [0.29, 0.717) is 17.2 Å². The smallest absolute Gasteiger partial charge is 0.258 e. The molecular formula is C19H22N2O. The maximum atomic E-state index is 12.8. The molecular weight excluding hydrogens is 272 g/mol. The number of hydrogen-bond donors (Lipinski definition) is 1. The van der Waals surface area contributed by atoms with E-state index in [1.807, 2.05) is 17.0 Å². The first-order valence-corrected chi connectivity index (χ1v) is 7.86. The number of hydrogen-bond acceptors (Lipinski definition) is 2. The van der Waals surface area contributed by atoms with Crippen LogP contribution in [0.1, 0.15) is 47.7 Å². The molecule has 22 heavy (non-hydrogen) atoms. The van der Waals surface area contributed by atoms with E-state index < -0.39 is 0 Å². The predicted octanol–water partition coefficient (Wildman–Crippen LogP) is 3.99. The van der Waals surface area contributed by atoms with Crippen LogP contribution in [0.25, 0.3) is 0 Å². The highest BCUT2D eigenvalue weighted by atomic mass is 16.2. The summed E-state index contributed by atoms with van der Waals surface area (Å²) < 4.78 is 0. The van der Waals surface area contributed by atoms with Gasteiger partial charge >= 0.3 is 0 Å². The van der Waals surface area contributed by atoms with Crippen LogP contribution in [-0.2, 0) is 6.42 Å². The van der Waals surface area contributed by atoms with Crippen LogP contribution < -0.4 is 10.6 Å². The van der Waals surface area contributed by atoms with Crippen molar-refractivity contribution in [2.75, 3.05) is 17.2 Å². The fourth-order valence-corrected chi connectivity index (χ4v) is 3.01. The molecule has 0 saturated carbocycles. The Bertz CT molecular complexity index is 706. The summed E-state index contributed by atoms with van der Waals surface area (Å²) in [6.45, 7) is 5.15. The van der Waals surface area contributed by atoms with Crippen molar-refractivity contribution in [3.05, 3.63) is 59.2 Å². The second-order valence-electron chi connectivity index (χ2n) is 6.23. The maximum Gasteiger partial charge on any atom is 0.258 e. The predicted molar refractivity (Wildman–Crippen MR) is 91.4 cm³/mol. The van der Waals surface area contributed by atoms with Crippen molar-refractivity contribution < 1.29 is 4.79 Å². The van der Waals surface area contributed by atoms with Gasteiger partial charge in [0.15, 0.2) is 0 Å². The molecule has 2 aromatic carbocycles. The first kappa shape index (κ1) is 14.6. The van der Waals surface area contributed by atoms with Crippen LogP contribution in [0.4, 0.5) is 11.4 Å². The number of aryl methyl sites for hydroxylation is 1. The summed E-state index contributed by atoms with van der Waals surface area (Å²) in [5.41, 5.74) is 10.7. The Morgan fingerprint density at radius 2 is 2.00 bits per heavy atom. The number of carbonyl (C=O) groups excluding carboxylic acids is 1. The molecule has 0 fully saturated rings. The number of nitrogens with two attached hydrogens (primary N) is 1. The second-order valence-corrected chi connectivity index (χ2v) is 6.23. The molecule has 0 bridgehead atoms. The number of nitrogens with zero attached hydrogens (tertiary/aromatic N) is 1. The molecule has 0 aliphatic carbocycles. The third kappa shape index (κ3) is 2.71. The number of nitrogen functional groups attached to an aromatic ring is 1. The maximum absolute atomic E-state index is 12.8. The highest BCUT2D eigenvalue weighted by molar-refractivity contribution is 6.07. The van der Waals surface area contributed by atoms with Crippen molar-refractivity contribution in [2.24, 2.45) is 0 Å². The Morgan fingerprint density at radius 3 is 2.73 bits per heavy atom. The van der Waals surface area contributed by atoms with Gasteiger partial charge in [0.05, 0.1) is 0 Å². The van der Waals surface area contributed by atoms with E-state index in [-0.39, 0.29) is 5.91 Å². The third-order valence-corrected chi connectivity index (χ3v) is 4.27. The van der Waals surface area contributed by atoms with Crippen molar-refractivity contribution in [3.8, 4) is 0 Å². The zero-order valence-electron chi connectivity index (χ0n) is 13.2. The summed E-state index contributed by atoms with van der Waals surface area (Å²) in [6, 6.07) is 13.7. The van der Waals surface area contributed by atoms with E-state index in [4.69, 9.17) is 5.73 Å². The number of carbonyl (C=O) groups is 1. The fraction of sp³-hybridized carbons (Fsp3) is 0.316. The Morgan fingerprint density at radius 1 is 1.18 bits per heavy atom. The average Bonchev–Trinajstić information content (AvgIpc) is 2.53. The van der Waals surface area contributed by atoms with Crippen LogP contribution in [0.2, 0.25) is 0 Å². The lowest BCUT2D eigenvalue weighted by molar-refractivity contribution is 0.0985. The molecule has 2 N–H and O–H groups in total. The van der Waals surface area contributed by atoms with E-state index in [9.17, 15) is 4.79 Å². The van der Waals surface area contributed by atoms with Gasteiger partial charge in [-0.3, -0.25) is 4.79 Å². The lowest BCUT2D eigenvalue weighted by Gasteiger charge is -2.30. The zero-order valence-corrected chi connectivity index (χ0v) is 13.2. The normalized spacial score (nSPS) is 14.0. The summed E-state index contributed by atoms with van der Waals surface area (Å²) in [5.74, 6) is 0.538. The van der Waals surface area contributed by atoms with Gasteiger partial charge in [-0.25, -0.2) is 0 Å². The molecule has 1 aliphatic heterocycles. The molecule has 2 aromatic rings. The van der Waals surface area contributed by atoms with Gasteiger partial charge in [0.25, 0.3) is 5.91 Å². The molecule has 3 heteroatoms. The van der Waals surface area contributed by atoms with Gasteiger partial charge in [-0.2, -0.15) is 0 Å². The second kappa shape index (κ2) is 5.84. The minimum Gasteiger partial charge on any atom is -0.399 e. The molecule has 0 spiro atoms. The SMILES string of the molecule is CC(C)c1ccc2c(c1)CCCN2C(=O)c1cccc(N)c1. The van der Waals surface area contributed by atoms with Gasteiger partial charge < -0.3 is 10.6 Å². The van der Waals surface area contributed by atoms with Crippen LogP contribution >= 0.6 is 0 Å². The molecule has 1 aliphatic rings. The summed E-state index contributed by atoms with van der Waals surface area (Å²) in [5, 5.41) is 0. The van der Waals surface area contributed by atoms with Crippen molar-refractivity contribution in [1.82, 2.24) is 0 Å². The van der Waals surface area contributed by atoms with Gasteiger partial charge in [-0.05, 0) is 54.2 Å². The highest BCUT2D eigenvalue weighted by Gasteiger charge is 2.24. The van der Waals surface area contributed by atoms with E-state index in [0.717, 1.165) is 25.1 Å². The van der Waals surface area contributed by atoms with Crippen molar-refractivity contribution in [3.63, 3.8) is 0 Å². The minimum absolute atomic E-state index is 0.0329. The number of benzene rings is 2. The van der Waals surface area contributed by atoms with E-state index in [2.05, 4.69) is 32.0 Å². The third-order valence-electron chi connectivity index (χ3n) is 4.27. The van der Waals surface area contributed by atoms with Gasteiger partial charge in [0.1, 0.15) is 0 Å². The first-order valence-electron chi connectivity index (χ1n) is 7.86. The van der Waals surface area contributed by atoms with E-state index in [1.54, 1.807) is 12.1 Å². The molecule has 0 radical (unpaired) electrons. The summed E-state index contributed by atoms with van der Waals surface area (Å²) in [7, 11) is 0. The molecule has 0 unspecified atom stereocenters. The van der Waals surface area contributed by atoms with Gasteiger partial charge in [0.2, 0.25) is 0 Å². The lowest BCUT2D eigenvalue weighted by atomic mass is 9.94. The van der Waals surface area contributed by atoms with Crippen molar-refractivity contribution in [2.45, 2.75) is 32.6 Å². The lowest BCUT2D eigenvalue weighted by Crippen LogP contribution is -2.35. The topological polar surface area (TPSA) is 46.3 Å². The molecule has 3 rings (SSSR count). The Kier molecular flexibility index (Phi) is 3.88. The Balaban J connectivity index is 1.96. The van der Waals surface area contributed by atoms with Crippen molar-refractivity contribution in [1.29, 1.82) is 0 Å². The molecule has 3 nitrogen and oxygen atoms in total. The monoisotopic (exact) mass is 294 g/mol. The summed E-state index contributed by atoms with van der Waals surface area (Å²) >= 11 is 0. The standard InChI is InChI=1S/C19H22N2O/c1-13(2)14-8-9-18-15(11-14)6-4-10-21(18)19(22)16-5-3-7-17(20)12-16/h3,5,7-9,11-13H,4,6,10,20H2,1-2H3. The summed E-state index contributed by atoms with van der Waals surface area (Å²) in [4.78, 5) is 14.7. The van der Waals surface area contributed by atoms with Crippen molar-refractivity contribution >= 4 is 17.3 Å². The molecule has 1 heterocycles. The quantitative estimate of drug-likeness (QED) is 0.851. The van der Waals surface area contributed by atoms with Gasteiger partial charge in [-0.1, -0.05) is 32.0 Å². The molecule has 0 saturated heterocycles. The van der Waals surface area contributed by atoms with Crippen LogP contribution in [0.3, 0.4) is 0 Å². The van der Waals surface area contributed by atoms with E-state index in [1.165, 1.54) is 11.1 Å².